The topological polar surface area (TPSA) is 68.2 Å². The molecule has 148 valence electrons. The van der Waals surface area contributed by atoms with Gasteiger partial charge in [-0.25, -0.2) is 0 Å². The molecule has 1 aromatic rings. The minimum atomic E-state index is -0.714. The van der Waals surface area contributed by atoms with Crippen LogP contribution in [-0.4, -0.2) is 48.0 Å². The lowest BCUT2D eigenvalue weighted by atomic mass is 9.42. The molecule has 27 heavy (non-hydrogen) atoms. The normalized spacial score (nSPS) is 38.5. The molecule has 2 N–H and O–H groups in total. The van der Waals surface area contributed by atoms with Crippen molar-refractivity contribution in [2.45, 2.75) is 44.7 Å². The van der Waals surface area contributed by atoms with E-state index < -0.39 is 18.0 Å². The molecule has 3 aliphatic rings. The zero-order valence-corrected chi connectivity index (χ0v) is 16.1. The van der Waals surface area contributed by atoms with Crippen molar-refractivity contribution in [2.75, 3.05) is 19.8 Å². The Morgan fingerprint density at radius 2 is 1.96 bits per heavy atom. The van der Waals surface area contributed by atoms with Gasteiger partial charge in [0.1, 0.15) is 18.5 Å². The molecule has 6 atom stereocenters. The van der Waals surface area contributed by atoms with Gasteiger partial charge in [0, 0.05) is 17.3 Å². The summed E-state index contributed by atoms with van der Waals surface area (Å²) in [7, 11) is 0. The zero-order valence-electron chi connectivity index (χ0n) is 16.1. The summed E-state index contributed by atoms with van der Waals surface area (Å²) < 4.78 is 17.7. The number of para-hydroxylation sites is 1. The summed E-state index contributed by atoms with van der Waals surface area (Å²) in [6, 6.07) is 9.46. The third-order valence-electron chi connectivity index (χ3n) is 6.92. The van der Waals surface area contributed by atoms with Gasteiger partial charge in [0.25, 0.3) is 0 Å². The Labute approximate surface area is 160 Å². The van der Waals surface area contributed by atoms with Crippen LogP contribution in [0.2, 0.25) is 0 Å². The predicted octanol–water partition coefficient (Wildman–Crippen LogP) is 2.77. The van der Waals surface area contributed by atoms with Crippen LogP contribution in [0.3, 0.4) is 0 Å². The van der Waals surface area contributed by atoms with Crippen molar-refractivity contribution in [3.63, 3.8) is 0 Å². The van der Waals surface area contributed by atoms with E-state index in [-0.39, 0.29) is 29.8 Å². The van der Waals surface area contributed by atoms with Crippen molar-refractivity contribution in [3.8, 4) is 5.75 Å². The Balaban J connectivity index is 1.42. The van der Waals surface area contributed by atoms with E-state index in [9.17, 15) is 10.2 Å². The number of benzene rings is 1. The van der Waals surface area contributed by atoms with Crippen LogP contribution in [0.1, 0.15) is 26.7 Å². The fourth-order valence-corrected chi connectivity index (χ4v) is 5.70. The molecule has 1 aliphatic heterocycles. The van der Waals surface area contributed by atoms with E-state index in [0.717, 1.165) is 18.6 Å². The Morgan fingerprint density at radius 3 is 2.67 bits per heavy atom. The van der Waals surface area contributed by atoms with Crippen molar-refractivity contribution < 1.29 is 24.4 Å². The number of fused-ring (bicyclic) bond motifs is 2. The quantitative estimate of drug-likeness (QED) is 0.776. The molecule has 1 saturated heterocycles. The average molecular weight is 374 g/mol. The highest BCUT2D eigenvalue weighted by Gasteiger charge is 2.74. The second kappa shape index (κ2) is 7.21. The predicted molar refractivity (Wildman–Crippen MR) is 101 cm³/mol. The van der Waals surface area contributed by atoms with Crippen LogP contribution in [0.15, 0.2) is 42.5 Å². The minimum Gasteiger partial charge on any atom is -0.491 e. The standard InChI is InChI=1S/C22H30O5/c1-15-20-18(9-8-16(23)14-25-17-6-4-3-5-7-17)19(24)10-11-21(20,2)22(15)26-12-13-27-22/h3-9,15-16,18-20,23-24H,10-14H2,1-2H3/b9-8+/t15?,16-,18-,19+,20+,21-/m0/s1. The van der Waals surface area contributed by atoms with Crippen molar-refractivity contribution in [3.05, 3.63) is 42.5 Å². The molecule has 4 rings (SSSR count). The Morgan fingerprint density at radius 1 is 1.26 bits per heavy atom. The SMILES string of the molecule is CC1[C@@H]2[C@@H](/C=C/[C@H](O)COc3ccccc3)[C@H](O)CC[C@]2(C)C12OCCO2. The molecule has 2 aliphatic carbocycles. The molecule has 0 bridgehead atoms. The van der Waals surface area contributed by atoms with E-state index in [1.807, 2.05) is 36.4 Å². The summed E-state index contributed by atoms with van der Waals surface area (Å²) in [5, 5.41) is 20.9. The Bertz CT molecular complexity index is 669. The fourth-order valence-electron chi connectivity index (χ4n) is 5.70. The molecule has 2 saturated carbocycles. The van der Waals surface area contributed by atoms with Gasteiger partial charge < -0.3 is 24.4 Å². The van der Waals surface area contributed by atoms with Crippen LogP contribution in [0.5, 0.6) is 5.75 Å². The average Bonchev–Trinajstić information content (AvgIpc) is 3.20. The van der Waals surface area contributed by atoms with E-state index in [0.29, 0.717) is 13.2 Å². The molecule has 1 unspecified atom stereocenters. The molecule has 0 amide bonds. The number of ether oxygens (including phenoxy) is 3. The monoisotopic (exact) mass is 374 g/mol. The summed E-state index contributed by atoms with van der Waals surface area (Å²) in [6.07, 6.45) is 4.24. The fraction of sp³-hybridized carbons (Fsp3) is 0.636. The number of rotatable bonds is 5. The summed E-state index contributed by atoms with van der Waals surface area (Å²) in [5.74, 6) is 0.716. The van der Waals surface area contributed by atoms with Gasteiger partial charge in [-0.15, -0.1) is 0 Å². The van der Waals surface area contributed by atoms with Gasteiger partial charge in [0.15, 0.2) is 5.79 Å². The van der Waals surface area contributed by atoms with E-state index in [1.165, 1.54) is 0 Å². The van der Waals surface area contributed by atoms with E-state index in [2.05, 4.69) is 13.8 Å². The maximum Gasteiger partial charge on any atom is 0.176 e. The summed E-state index contributed by atoms with van der Waals surface area (Å²) in [6.45, 7) is 5.86. The number of aliphatic hydroxyl groups excluding tert-OH is 2. The van der Waals surface area contributed by atoms with Gasteiger partial charge in [0.2, 0.25) is 0 Å². The summed E-state index contributed by atoms with van der Waals surface area (Å²) in [4.78, 5) is 0. The first kappa shape index (κ1) is 18.9. The van der Waals surface area contributed by atoms with Crippen molar-refractivity contribution >= 4 is 0 Å². The van der Waals surface area contributed by atoms with Crippen LogP contribution in [-0.2, 0) is 9.47 Å². The van der Waals surface area contributed by atoms with Crippen LogP contribution in [0.4, 0.5) is 0 Å². The molecule has 0 aromatic heterocycles. The van der Waals surface area contributed by atoms with Crippen LogP contribution < -0.4 is 4.74 Å². The molecular formula is C22H30O5. The molecule has 5 heteroatoms. The van der Waals surface area contributed by atoms with E-state index in [1.54, 1.807) is 6.08 Å². The molecule has 5 nitrogen and oxygen atoms in total. The second-order valence-electron chi connectivity index (χ2n) is 8.36. The third-order valence-corrected chi connectivity index (χ3v) is 6.92. The molecular weight excluding hydrogens is 344 g/mol. The first-order valence-corrected chi connectivity index (χ1v) is 9.98. The molecule has 1 heterocycles. The van der Waals surface area contributed by atoms with Gasteiger partial charge >= 0.3 is 0 Å². The summed E-state index contributed by atoms with van der Waals surface area (Å²) in [5.41, 5.74) is -0.0946. The van der Waals surface area contributed by atoms with Gasteiger partial charge in [0.05, 0.1) is 19.3 Å². The number of hydrogen-bond donors (Lipinski definition) is 2. The van der Waals surface area contributed by atoms with Crippen LogP contribution in [0, 0.1) is 23.2 Å². The smallest absolute Gasteiger partial charge is 0.176 e. The lowest BCUT2D eigenvalue weighted by Crippen LogP contribution is -2.73. The molecule has 3 fully saturated rings. The Hall–Kier alpha value is -1.40. The lowest BCUT2D eigenvalue weighted by Gasteiger charge is -2.68. The van der Waals surface area contributed by atoms with E-state index in [4.69, 9.17) is 14.2 Å². The number of aliphatic hydroxyl groups is 2. The first-order valence-electron chi connectivity index (χ1n) is 9.98. The number of hydrogen-bond acceptors (Lipinski definition) is 5. The first-order chi connectivity index (χ1) is 13.0. The van der Waals surface area contributed by atoms with Gasteiger partial charge in [-0.2, -0.15) is 0 Å². The molecule has 1 spiro atoms. The summed E-state index contributed by atoms with van der Waals surface area (Å²) >= 11 is 0. The third kappa shape index (κ3) is 3.01. The van der Waals surface area contributed by atoms with E-state index >= 15 is 0 Å². The van der Waals surface area contributed by atoms with Crippen molar-refractivity contribution in [1.82, 2.24) is 0 Å². The van der Waals surface area contributed by atoms with Crippen molar-refractivity contribution in [1.29, 1.82) is 0 Å². The highest BCUT2D eigenvalue weighted by Crippen LogP contribution is 2.69. The molecule has 1 aromatic carbocycles. The van der Waals surface area contributed by atoms with Gasteiger partial charge in [-0.1, -0.05) is 44.2 Å². The minimum absolute atomic E-state index is 0.0106. The zero-order chi connectivity index (χ0) is 19.1. The largest absolute Gasteiger partial charge is 0.491 e. The van der Waals surface area contributed by atoms with Crippen molar-refractivity contribution in [2.24, 2.45) is 23.2 Å². The van der Waals surface area contributed by atoms with Gasteiger partial charge in [-0.3, -0.25) is 0 Å². The Kier molecular flexibility index (Phi) is 5.06. The highest BCUT2D eigenvalue weighted by atomic mass is 16.7. The van der Waals surface area contributed by atoms with Crippen LogP contribution in [0.25, 0.3) is 0 Å². The maximum atomic E-state index is 10.6. The highest BCUT2D eigenvalue weighted by molar-refractivity contribution is 5.22. The second-order valence-corrected chi connectivity index (χ2v) is 8.36. The van der Waals surface area contributed by atoms with Crippen LogP contribution >= 0.6 is 0 Å². The maximum absolute atomic E-state index is 10.6. The van der Waals surface area contributed by atoms with Gasteiger partial charge in [-0.05, 0) is 30.9 Å². The lowest BCUT2D eigenvalue weighted by molar-refractivity contribution is -0.380. The molecule has 0 radical (unpaired) electrons.